The molecule has 1 unspecified atom stereocenters. The second-order valence-electron chi connectivity index (χ2n) is 5.01. The number of nitrogens with zero attached hydrogens (tertiary/aromatic N) is 1. The smallest absolute Gasteiger partial charge is 0.549 e. The molecule has 1 aliphatic heterocycles. The van der Waals surface area contributed by atoms with Gasteiger partial charge in [0.25, 0.3) is 0 Å². The van der Waals surface area contributed by atoms with Gasteiger partial charge in [0.15, 0.2) is 0 Å². The maximum Gasteiger partial charge on any atom is 1.00 e. The Morgan fingerprint density at radius 2 is 1.94 bits per heavy atom. The number of ketones is 1. The van der Waals surface area contributed by atoms with Crippen molar-refractivity contribution in [2.45, 2.75) is 32.8 Å². The molecule has 1 fully saturated rings. The zero-order chi connectivity index (χ0) is 13.2. The molecule has 0 aromatic carbocycles. The molecule has 1 rings (SSSR count). The third-order valence-electron chi connectivity index (χ3n) is 2.36. The molecule has 1 aliphatic rings. The van der Waals surface area contributed by atoms with Crippen molar-refractivity contribution >= 4 is 17.8 Å². The van der Waals surface area contributed by atoms with Crippen LogP contribution in [0.4, 0.5) is 4.79 Å². The zero-order valence-electron chi connectivity index (χ0n) is 11.2. The van der Waals surface area contributed by atoms with Crippen molar-refractivity contribution in [3.05, 3.63) is 0 Å². The molecule has 0 radical (unpaired) electrons. The van der Waals surface area contributed by atoms with E-state index in [1.807, 2.05) is 0 Å². The Bertz CT molecular complexity index is 350. The van der Waals surface area contributed by atoms with E-state index in [1.54, 1.807) is 20.8 Å². The SMILES string of the molecule is CC(C)(C)OC(=O)N1CCC(=O)C(C(=O)[O-])C1.[Na+]. The Labute approximate surface area is 128 Å². The average Bonchev–Trinajstić information content (AvgIpc) is 2.14. The first-order valence-electron chi connectivity index (χ1n) is 5.42. The summed E-state index contributed by atoms with van der Waals surface area (Å²) in [5, 5.41) is 10.7. The van der Waals surface area contributed by atoms with E-state index >= 15 is 0 Å². The number of carbonyl (C=O) groups excluding carboxylic acids is 3. The number of piperidine rings is 1. The molecule has 0 spiro atoms. The van der Waals surface area contributed by atoms with Crippen molar-refractivity contribution in [1.82, 2.24) is 4.90 Å². The minimum atomic E-state index is -1.44. The Morgan fingerprint density at radius 3 is 2.39 bits per heavy atom. The van der Waals surface area contributed by atoms with E-state index in [0.29, 0.717) is 0 Å². The fourth-order valence-electron chi connectivity index (χ4n) is 1.53. The van der Waals surface area contributed by atoms with Gasteiger partial charge in [-0.2, -0.15) is 0 Å². The van der Waals surface area contributed by atoms with Crippen molar-refractivity contribution < 1.29 is 53.8 Å². The predicted octanol–water partition coefficient (Wildman–Crippen LogP) is -3.43. The summed E-state index contributed by atoms with van der Waals surface area (Å²) >= 11 is 0. The molecule has 1 saturated heterocycles. The summed E-state index contributed by atoms with van der Waals surface area (Å²) in [4.78, 5) is 34.9. The van der Waals surface area contributed by atoms with Crippen LogP contribution < -0.4 is 34.7 Å². The summed E-state index contributed by atoms with van der Waals surface area (Å²) in [5.74, 6) is -3.08. The van der Waals surface area contributed by atoms with Crippen LogP contribution in [0.1, 0.15) is 27.2 Å². The molecule has 0 aliphatic carbocycles. The summed E-state index contributed by atoms with van der Waals surface area (Å²) in [7, 11) is 0. The monoisotopic (exact) mass is 265 g/mol. The largest absolute Gasteiger partial charge is 1.00 e. The molecule has 1 heterocycles. The maximum atomic E-state index is 11.7. The van der Waals surface area contributed by atoms with Gasteiger partial charge in [0, 0.05) is 19.5 Å². The number of hydrogen-bond donors (Lipinski definition) is 0. The van der Waals surface area contributed by atoms with Crippen LogP contribution in [0.3, 0.4) is 0 Å². The van der Waals surface area contributed by atoms with Crippen LogP contribution in [-0.4, -0.2) is 41.4 Å². The van der Waals surface area contributed by atoms with E-state index in [-0.39, 0.29) is 49.1 Å². The molecule has 96 valence electrons. The summed E-state index contributed by atoms with van der Waals surface area (Å²) in [5.41, 5.74) is -0.643. The minimum Gasteiger partial charge on any atom is -0.549 e. The predicted molar refractivity (Wildman–Crippen MR) is 55.9 cm³/mol. The molecule has 0 aromatic rings. The fraction of sp³-hybridized carbons (Fsp3) is 0.727. The van der Waals surface area contributed by atoms with Gasteiger partial charge >= 0.3 is 35.7 Å². The molecule has 0 aromatic heterocycles. The Morgan fingerprint density at radius 1 is 1.39 bits per heavy atom. The minimum absolute atomic E-state index is 0. The number of hydrogen-bond acceptors (Lipinski definition) is 5. The van der Waals surface area contributed by atoms with Crippen molar-refractivity contribution in [2.24, 2.45) is 5.92 Å². The molecule has 7 heteroatoms. The van der Waals surface area contributed by atoms with Gasteiger partial charge < -0.3 is 19.5 Å². The topological polar surface area (TPSA) is 86.7 Å². The van der Waals surface area contributed by atoms with Crippen LogP contribution in [0.2, 0.25) is 0 Å². The standard InChI is InChI=1S/C11H17NO5.Na/c1-11(2,3)17-10(16)12-5-4-8(13)7(6-12)9(14)15;/h7H,4-6H2,1-3H3,(H,14,15);/q;+1/p-1. The van der Waals surface area contributed by atoms with Crippen LogP contribution in [0.25, 0.3) is 0 Å². The summed E-state index contributed by atoms with van der Waals surface area (Å²) in [6.07, 6.45) is -0.575. The van der Waals surface area contributed by atoms with Crippen LogP contribution in [-0.2, 0) is 14.3 Å². The van der Waals surface area contributed by atoms with Crippen molar-refractivity contribution in [3.8, 4) is 0 Å². The fourth-order valence-corrected chi connectivity index (χ4v) is 1.53. The third kappa shape index (κ3) is 4.96. The number of aliphatic carboxylic acids is 1. The summed E-state index contributed by atoms with van der Waals surface area (Å²) in [6.45, 7) is 5.18. The summed E-state index contributed by atoms with van der Waals surface area (Å²) < 4.78 is 5.10. The molecule has 0 N–H and O–H groups in total. The van der Waals surface area contributed by atoms with E-state index in [0.717, 1.165) is 0 Å². The first-order chi connectivity index (χ1) is 7.70. The van der Waals surface area contributed by atoms with Gasteiger partial charge in [-0.15, -0.1) is 0 Å². The van der Waals surface area contributed by atoms with Crippen LogP contribution >= 0.6 is 0 Å². The van der Waals surface area contributed by atoms with Gasteiger partial charge in [0.2, 0.25) is 0 Å². The van der Waals surface area contributed by atoms with Gasteiger partial charge in [-0.05, 0) is 20.8 Å². The average molecular weight is 265 g/mol. The quantitative estimate of drug-likeness (QED) is 0.364. The number of Topliss-reactive ketones (excluding diaryl/α,β-unsaturated/α-hetero) is 1. The molecular formula is C11H16NNaO5. The van der Waals surface area contributed by atoms with Crippen LogP contribution in [0.5, 0.6) is 0 Å². The molecule has 1 amide bonds. The molecular weight excluding hydrogens is 249 g/mol. The Balaban J connectivity index is 0.00000289. The molecule has 1 atom stereocenters. The maximum absolute atomic E-state index is 11.7. The second kappa shape index (κ2) is 6.54. The Hall–Kier alpha value is -0.590. The molecule has 18 heavy (non-hydrogen) atoms. The van der Waals surface area contributed by atoms with E-state index in [2.05, 4.69) is 0 Å². The van der Waals surface area contributed by atoms with Crippen LogP contribution in [0.15, 0.2) is 0 Å². The first kappa shape index (κ1) is 17.4. The van der Waals surface area contributed by atoms with Crippen molar-refractivity contribution in [3.63, 3.8) is 0 Å². The van der Waals surface area contributed by atoms with Crippen molar-refractivity contribution in [2.75, 3.05) is 13.1 Å². The van der Waals surface area contributed by atoms with Crippen LogP contribution in [0, 0.1) is 5.92 Å². The number of likely N-dealkylation sites (tertiary alicyclic amines) is 1. The van der Waals surface area contributed by atoms with E-state index in [9.17, 15) is 19.5 Å². The molecule has 6 nitrogen and oxygen atoms in total. The van der Waals surface area contributed by atoms with Gasteiger partial charge in [0.1, 0.15) is 11.4 Å². The number of ether oxygens (including phenoxy) is 1. The zero-order valence-corrected chi connectivity index (χ0v) is 13.2. The second-order valence-corrected chi connectivity index (χ2v) is 5.01. The normalized spacial score (nSPS) is 20.1. The number of amides is 1. The number of carboxylic acids is 1. The van der Waals surface area contributed by atoms with Gasteiger partial charge in [-0.25, -0.2) is 4.79 Å². The van der Waals surface area contributed by atoms with E-state index < -0.39 is 29.4 Å². The summed E-state index contributed by atoms with van der Waals surface area (Å²) in [6, 6.07) is 0. The molecule has 0 saturated carbocycles. The van der Waals surface area contributed by atoms with Gasteiger partial charge in [-0.3, -0.25) is 4.79 Å². The number of rotatable bonds is 1. The Kier molecular flexibility index (Phi) is 6.33. The van der Waals surface area contributed by atoms with E-state index in [1.165, 1.54) is 4.90 Å². The number of carbonyl (C=O) groups is 3. The van der Waals surface area contributed by atoms with E-state index in [4.69, 9.17) is 4.74 Å². The van der Waals surface area contributed by atoms with Gasteiger partial charge in [-0.1, -0.05) is 0 Å². The van der Waals surface area contributed by atoms with Crippen molar-refractivity contribution in [1.29, 1.82) is 0 Å². The molecule has 0 bridgehead atoms. The first-order valence-corrected chi connectivity index (χ1v) is 5.42. The number of carboxylic acid groups (broad SMARTS) is 1. The third-order valence-corrected chi connectivity index (χ3v) is 2.36. The van der Waals surface area contributed by atoms with Gasteiger partial charge in [0.05, 0.1) is 11.9 Å².